The van der Waals surface area contributed by atoms with Crippen LogP contribution in [0.25, 0.3) is 11.5 Å². The normalized spacial score (nSPS) is 16.0. The number of rotatable bonds is 7. The predicted octanol–water partition coefficient (Wildman–Crippen LogP) is 4.55. The number of hydrogen-bond acceptors (Lipinski definition) is 7. The smallest absolute Gasteiger partial charge is 0.277 e. The second-order valence-electron chi connectivity index (χ2n) is 7.62. The molecule has 3 aromatic rings. The quantitative estimate of drug-likeness (QED) is 0.352. The predicted molar refractivity (Wildman–Crippen MR) is 118 cm³/mol. The second-order valence-corrected chi connectivity index (χ2v) is 10.8. The third kappa shape index (κ3) is 5.15. The zero-order valence-electron chi connectivity index (χ0n) is 17.7. The first-order valence-electron chi connectivity index (χ1n) is 10.4. The molecular weight excluding hydrogens is 472 g/mol. The molecule has 0 bridgehead atoms. The number of benzene rings is 2. The minimum atomic E-state index is -3.62. The van der Waals surface area contributed by atoms with Crippen LogP contribution in [0.3, 0.4) is 0 Å². The number of ketones is 1. The molecule has 11 heteroatoms. The van der Waals surface area contributed by atoms with Crippen LogP contribution in [-0.2, 0) is 10.0 Å². The Morgan fingerprint density at radius 3 is 2.55 bits per heavy atom. The van der Waals surface area contributed by atoms with Crippen LogP contribution >= 0.6 is 11.8 Å². The summed E-state index contributed by atoms with van der Waals surface area (Å²) in [5, 5.41) is 7.28. The van der Waals surface area contributed by atoms with E-state index < -0.39 is 32.7 Å². The van der Waals surface area contributed by atoms with Gasteiger partial charge in [0.15, 0.2) is 17.4 Å². The molecule has 1 aliphatic rings. The first-order valence-corrected chi connectivity index (χ1v) is 12.7. The number of carbonyl (C=O) groups excluding carboxylic acids is 1. The van der Waals surface area contributed by atoms with E-state index in [1.807, 2.05) is 0 Å². The minimum absolute atomic E-state index is 0.0317. The summed E-state index contributed by atoms with van der Waals surface area (Å²) in [6.07, 6.45) is 2.70. The number of halogens is 2. The lowest BCUT2D eigenvalue weighted by Crippen LogP contribution is -2.35. The molecule has 0 amide bonds. The molecule has 0 N–H and O–H groups in total. The van der Waals surface area contributed by atoms with Crippen LogP contribution in [0.5, 0.6) is 0 Å². The molecule has 1 aromatic heterocycles. The van der Waals surface area contributed by atoms with Crippen LogP contribution in [0.15, 0.2) is 57.0 Å². The van der Waals surface area contributed by atoms with Crippen molar-refractivity contribution in [3.8, 4) is 11.5 Å². The summed E-state index contributed by atoms with van der Waals surface area (Å²) in [5.74, 6) is -2.44. The zero-order valence-corrected chi connectivity index (χ0v) is 19.3. The topological polar surface area (TPSA) is 93.4 Å². The molecule has 174 valence electrons. The summed E-state index contributed by atoms with van der Waals surface area (Å²) < 4.78 is 59.6. The van der Waals surface area contributed by atoms with Crippen LogP contribution in [0.1, 0.15) is 36.5 Å². The van der Waals surface area contributed by atoms with Crippen molar-refractivity contribution in [3.05, 3.63) is 59.7 Å². The van der Waals surface area contributed by atoms with Gasteiger partial charge < -0.3 is 4.42 Å². The summed E-state index contributed by atoms with van der Waals surface area (Å²) in [4.78, 5) is 12.7. The molecule has 0 aliphatic carbocycles. The van der Waals surface area contributed by atoms with Gasteiger partial charge in [-0.05, 0) is 56.2 Å². The van der Waals surface area contributed by atoms with Gasteiger partial charge in [-0.25, -0.2) is 17.2 Å². The average Bonchev–Trinajstić information content (AvgIpc) is 3.29. The Bertz CT molecular complexity index is 1270. The van der Waals surface area contributed by atoms with Gasteiger partial charge in [0.25, 0.3) is 5.22 Å². The number of Topliss-reactive ketones (excluding diaryl/α,β-unsaturated/α-hetero) is 1. The lowest BCUT2D eigenvalue weighted by atomic mass is 10.1. The molecule has 33 heavy (non-hydrogen) atoms. The average molecular weight is 494 g/mol. The molecule has 1 saturated heterocycles. The Labute approximate surface area is 194 Å². The van der Waals surface area contributed by atoms with Crippen LogP contribution in [0.4, 0.5) is 8.78 Å². The summed E-state index contributed by atoms with van der Waals surface area (Å²) in [6.45, 7) is 2.58. The highest BCUT2D eigenvalue weighted by Gasteiger charge is 2.27. The fraction of sp³-hybridized carbons (Fsp3) is 0.318. The lowest BCUT2D eigenvalue weighted by molar-refractivity contribution is 0.0993. The van der Waals surface area contributed by atoms with Gasteiger partial charge >= 0.3 is 0 Å². The van der Waals surface area contributed by atoms with E-state index in [1.54, 1.807) is 19.1 Å². The van der Waals surface area contributed by atoms with Gasteiger partial charge in [-0.3, -0.25) is 4.79 Å². The van der Waals surface area contributed by atoms with E-state index in [2.05, 4.69) is 10.2 Å². The molecule has 0 unspecified atom stereocenters. The maximum Gasteiger partial charge on any atom is 0.277 e. The van der Waals surface area contributed by atoms with Crippen molar-refractivity contribution in [1.82, 2.24) is 14.5 Å². The SMILES string of the molecule is C[C@H](Sc1nnc(-c2cccc(S(=O)(=O)N3CCCCC3)c2)o1)C(=O)c1ccc(F)c(F)c1. The summed E-state index contributed by atoms with van der Waals surface area (Å²) in [6, 6.07) is 9.25. The van der Waals surface area contributed by atoms with E-state index in [9.17, 15) is 22.0 Å². The summed E-state index contributed by atoms with van der Waals surface area (Å²) in [5.41, 5.74) is 0.469. The highest BCUT2D eigenvalue weighted by Crippen LogP contribution is 2.30. The Morgan fingerprint density at radius 1 is 1.06 bits per heavy atom. The molecule has 2 heterocycles. The molecule has 1 aliphatic heterocycles. The maximum absolute atomic E-state index is 13.4. The fourth-order valence-corrected chi connectivity index (χ4v) is 5.83. The standard InChI is InChI=1S/C22H21F2N3O4S2/c1-14(20(28)15-8-9-18(23)19(24)13-15)32-22-26-25-21(31-22)16-6-5-7-17(12-16)33(29,30)27-10-3-2-4-11-27/h5-9,12-14H,2-4,10-11H2,1H3/t14-/m0/s1. The fourth-order valence-electron chi connectivity index (χ4n) is 3.51. The van der Waals surface area contributed by atoms with E-state index in [1.165, 1.54) is 22.5 Å². The largest absolute Gasteiger partial charge is 0.411 e. The first kappa shape index (κ1) is 23.5. The third-order valence-electron chi connectivity index (χ3n) is 5.29. The number of nitrogens with zero attached hydrogens (tertiary/aromatic N) is 3. The number of sulfonamides is 1. The monoisotopic (exact) mass is 493 g/mol. The summed E-state index contributed by atoms with van der Waals surface area (Å²) in [7, 11) is -3.62. The molecule has 1 fully saturated rings. The number of hydrogen-bond donors (Lipinski definition) is 0. The Balaban J connectivity index is 1.49. The van der Waals surface area contributed by atoms with Crippen molar-refractivity contribution in [3.63, 3.8) is 0 Å². The van der Waals surface area contributed by atoms with Gasteiger partial charge in [-0.15, -0.1) is 10.2 Å². The van der Waals surface area contributed by atoms with Crippen LogP contribution < -0.4 is 0 Å². The van der Waals surface area contributed by atoms with E-state index >= 15 is 0 Å². The van der Waals surface area contributed by atoms with Crippen molar-refractivity contribution >= 4 is 27.6 Å². The van der Waals surface area contributed by atoms with Gasteiger partial charge in [0, 0.05) is 24.2 Å². The van der Waals surface area contributed by atoms with Crippen molar-refractivity contribution in [2.75, 3.05) is 13.1 Å². The van der Waals surface area contributed by atoms with Gasteiger partial charge in [-0.1, -0.05) is 24.2 Å². The molecule has 0 saturated carbocycles. The van der Waals surface area contributed by atoms with Gasteiger partial charge in [0.1, 0.15) is 0 Å². The second kappa shape index (κ2) is 9.70. The molecule has 7 nitrogen and oxygen atoms in total. The Hall–Kier alpha value is -2.63. The van der Waals surface area contributed by atoms with E-state index in [0.717, 1.165) is 43.2 Å². The molecule has 1 atom stereocenters. The first-order chi connectivity index (χ1) is 15.8. The highest BCUT2D eigenvalue weighted by atomic mass is 32.2. The minimum Gasteiger partial charge on any atom is -0.411 e. The van der Waals surface area contributed by atoms with Gasteiger partial charge in [0.2, 0.25) is 15.9 Å². The zero-order chi connectivity index (χ0) is 23.6. The number of carbonyl (C=O) groups is 1. The molecule has 4 rings (SSSR count). The van der Waals surface area contributed by atoms with Crippen LogP contribution in [0.2, 0.25) is 0 Å². The van der Waals surface area contributed by atoms with Crippen LogP contribution in [0, 0.1) is 11.6 Å². The van der Waals surface area contributed by atoms with Crippen molar-refractivity contribution in [2.45, 2.75) is 41.6 Å². The van der Waals surface area contributed by atoms with Gasteiger partial charge in [-0.2, -0.15) is 4.31 Å². The van der Waals surface area contributed by atoms with Crippen molar-refractivity contribution < 1.29 is 26.4 Å². The maximum atomic E-state index is 13.4. The molecule has 0 spiro atoms. The van der Waals surface area contributed by atoms with Crippen molar-refractivity contribution in [1.29, 1.82) is 0 Å². The third-order valence-corrected chi connectivity index (χ3v) is 8.12. The highest BCUT2D eigenvalue weighted by molar-refractivity contribution is 8.00. The van der Waals surface area contributed by atoms with E-state index in [-0.39, 0.29) is 21.6 Å². The lowest BCUT2D eigenvalue weighted by Gasteiger charge is -2.25. The number of thioether (sulfide) groups is 1. The van der Waals surface area contributed by atoms with Crippen LogP contribution in [-0.4, -0.2) is 47.0 Å². The molecule has 2 aromatic carbocycles. The Morgan fingerprint density at radius 2 is 1.82 bits per heavy atom. The molecular formula is C22H21F2N3O4S2. The number of aromatic nitrogens is 2. The Kier molecular flexibility index (Phi) is 6.91. The van der Waals surface area contributed by atoms with E-state index in [4.69, 9.17) is 4.42 Å². The molecule has 0 radical (unpaired) electrons. The van der Waals surface area contributed by atoms with E-state index in [0.29, 0.717) is 18.7 Å². The summed E-state index contributed by atoms with van der Waals surface area (Å²) >= 11 is 0.972. The number of piperidine rings is 1. The van der Waals surface area contributed by atoms with Crippen molar-refractivity contribution in [2.24, 2.45) is 0 Å². The van der Waals surface area contributed by atoms with Gasteiger partial charge in [0.05, 0.1) is 10.1 Å².